The molecule has 2 rings (SSSR count). The van der Waals surface area contributed by atoms with E-state index in [2.05, 4.69) is 49.9 Å². The first kappa shape index (κ1) is 17.5. The molecule has 1 fully saturated rings. The molecule has 1 aromatic carbocycles. The maximum Gasteiger partial charge on any atom is 0.00480 e. The van der Waals surface area contributed by atoms with Crippen LogP contribution in [-0.4, -0.2) is 31.1 Å². The molecule has 1 aliphatic heterocycles. The Hall–Kier alpha value is -0.570. The minimum absolute atomic E-state index is 0. The third-order valence-corrected chi connectivity index (χ3v) is 4.49. The number of nitrogens with zero attached hydrogens (tertiary/aromatic N) is 1. The highest BCUT2D eigenvalue weighted by molar-refractivity contribution is 5.85. The molecule has 2 N–H and O–H groups in total. The van der Waals surface area contributed by atoms with Crippen LogP contribution in [0.25, 0.3) is 0 Å². The Bertz CT molecular complexity index is 402. The third-order valence-electron chi connectivity index (χ3n) is 4.49. The van der Waals surface area contributed by atoms with Crippen LogP contribution in [0.3, 0.4) is 0 Å². The molecule has 1 aliphatic rings. The van der Waals surface area contributed by atoms with Crippen molar-refractivity contribution in [2.45, 2.75) is 39.5 Å². The molecule has 1 aromatic rings. The molecule has 0 bridgehead atoms. The normalized spacial score (nSPS) is 23.1. The molecule has 1 saturated heterocycles. The van der Waals surface area contributed by atoms with Crippen molar-refractivity contribution in [3.8, 4) is 0 Å². The highest BCUT2D eigenvalue weighted by Crippen LogP contribution is 2.28. The number of nitrogens with two attached hydrogens (primary N) is 1. The Morgan fingerprint density at radius 1 is 1.25 bits per heavy atom. The summed E-state index contributed by atoms with van der Waals surface area (Å²) in [5.74, 6) is 0.623. The van der Waals surface area contributed by atoms with E-state index >= 15 is 0 Å². The van der Waals surface area contributed by atoms with Gasteiger partial charge in [0.25, 0.3) is 0 Å². The summed E-state index contributed by atoms with van der Waals surface area (Å²) in [6.07, 6.45) is 2.40. The van der Waals surface area contributed by atoms with Gasteiger partial charge in [0.05, 0.1) is 0 Å². The molecule has 1 unspecified atom stereocenters. The van der Waals surface area contributed by atoms with Crippen molar-refractivity contribution in [3.63, 3.8) is 0 Å². The van der Waals surface area contributed by atoms with Gasteiger partial charge >= 0.3 is 0 Å². The van der Waals surface area contributed by atoms with Gasteiger partial charge in [0, 0.05) is 13.1 Å². The molecular formula is C17H29ClN2. The fraction of sp³-hybridized carbons (Fsp3) is 0.647. The molecule has 114 valence electrons. The summed E-state index contributed by atoms with van der Waals surface area (Å²) < 4.78 is 0. The molecule has 0 amide bonds. The van der Waals surface area contributed by atoms with Crippen molar-refractivity contribution in [2.75, 3.05) is 26.2 Å². The minimum atomic E-state index is 0. The summed E-state index contributed by atoms with van der Waals surface area (Å²) in [4.78, 5) is 2.56. The van der Waals surface area contributed by atoms with E-state index in [1.165, 1.54) is 24.1 Å². The highest BCUT2D eigenvalue weighted by atomic mass is 35.5. The van der Waals surface area contributed by atoms with Gasteiger partial charge in [-0.1, -0.05) is 45.0 Å². The zero-order chi connectivity index (χ0) is 13.9. The van der Waals surface area contributed by atoms with E-state index in [4.69, 9.17) is 5.73 Å². The number of hydrogen-bond donors (Lipinski definition) is 1. The monoisotopic (exact) mass is 296 g/mol. The summed E-state index contributed by atoms with van der Waals surface area (Å²) in [7, 11) is 0. The van der Waals surface area contributed by atoms with E-state index in [0.717, 1.165) is 26.1 Å². The summed E-state index contributed by atoms with van der Waals surface area (Å²) in [6.45, 7) is 11.1. The second-order valence-electron chi connectivity index (χ2n) is 6.69. The van der Waals surface area contributed by atoms with Crippen LogP contribution in [0.2, 0.25) is 0 Å². The molecule has 0 aliphatic carbocycles. The molecule has 1 atom stereocenters. The molecular weight excluding hydrogens is 268 g/mol. The Morgan fingerprint density at radius 3 is 2.40 bits per heavy atom. The van der Waals surface area contributed by atoms with Crippen LogP contribution in [0.5, 0.6) is 0 Å². The van der Waals surface area contributed by atoms with Crippen LogP contribution in [-0.2, 0) is 6.42 Å². The quantitative estimate of drug-likeness (QED) is 0.902. The van der Waals surface area contributed by atoms with Crippen molar-refractivity contribution >= 4 is 12.4 Å². The van der Waals surface area contributed by atoms with Crippen molar-refractivity contribution in [1.29, 1.82) is 0 Å². The topological polar surface area (TPSA) is 29.3 Å². The van der Waals surface area contributed by atoms with Crippen LogP contribution >= 0.6 is 12.4 Å². The van der Waals surface area contributed by atoms with E-state index in [0.29, 0.717) is 11.3 Å². The SMILES string of the molecule is CC(C)c1ccc(CCN2CCC(C)(CN)C2)cc1.Cl. The average Bonchev–Trinajstić information content (AvgIpc) is 2.79. The smallest absolute Gasteiger partial charge is 0.00480 e. The maximum absolute atomic E-state index is 5.86. The van der Waals surface area contributed by atoms with Gasteiger partial charge in [-0.25, -0.2) is 0 Å². The standard InChI is InChI=1S/C17H28N2.ClH/c1-14(2)16-6-4-15(5-7-16)8-10-19-11-9-17(3,12-18)13-19;/h4-7,14H,8-13,18H2,1-3H3;1H. The summed E-state index contributed by atoms with van der Waals surface area (Å²) in [6, 6.07) is 9.11. The maximum atomic E-state index is 5.86. The number of halogens is 1. The number of rotatable bonds is 5. The lowest BCUT2D eigenvalue weighted by Gasteiger charge is -2.22. The van der Waals surface area contributed by atoms with Gasteiger partial charge in [-0.05, 0) is 48.4 Å². The lowest BCUT2D eigenvalue weighted by atomic mass is 9.90. The first-order valence-electron chi connectivity index (χ1n) is 7.54. The first-order chi connectivity index (χ1) is 9.02. The van der Waals surface area contributed by atoms with Crippen LogP contribution in [0.4, 0.5) is 0 Å². The Kier molecular flexibility index (Phi) is 6.50. The van der Waals surface area contributed by atoms with Gasteiger partial charge in [0.2, 0.25) is 0 Å². The van der Waals surface area contributed by atoms with Crippen molar-refractivity contribution < 1.29 is 0 Å². The van der Waals surface area contributed by atoms with E-state index in [9.17, 15) is 0 Å². The van der Waals surface area contributed by atoms with Crippen LogP contribution in [0.15, 0.2) is 24.3 Å². The first-order valence-corrected chi connectivity index (χ1v) is 7.54. The molecule has 20 heavy (non-hydrogen) atoms. The van der Waals surface area contributed by atoms with Crippen LogP contribution in [0.1, 0.15) is 44.2 Å². The highest BCUT2D eigenvalue weighted by Gasteiger charge is 2.31. The predicted molar refractivity (Wildman–Crippen MR) is 89.7 cm³/mol. The van der Waals surface area contributed by atoms with Gasteiger partial charge < -0.3 is 10.6 Å². The van der Waals surface area contributed by atoms with Gasteiger partial charge in [0.1, 0.15) is 0 Å². The number of likely N-dealkylation sites (tertiary alicyclic amines) is 1. The van der Waals surface area contributed by atoms with Gasteiger partial charge in [-0.15, -0.1) is 12.4 Å². The molecule has 0 spiro atoms. The summed E-state index contributed by atoms with van der Waals surface area (Å²) >= 11 is 0. The van der Waals surface area contributed by atoms with Crippen LogP contribution < -0.4 is 5.73 Å². The van der Waals surface area contributed by atoms with E-state index in [1.54, 1.807) is 0 Å². The third kappa shape index (κ3) is 4.47. The zero-order valence-electron chi connectivity index (χ0n) is 13.1. The van der Waals surface area contributed by atoms with E-state index < -0.39 is 0 Å². The molecule has 0 radical (unpaired) electrons. The largest absolute Gasteiger partial charge is 0.330 e. The summed E-state index contributed by atoms with van der Waals surface area (Å²) in [5.41, 5.74) is 9.09. The molecule has 3 heteroatoms. The molecule has 2 nitrogen and oxygen atoms in total. The van der Waals surface area contributed by atoms with Gasteiger partial charge in [-0.2, -0.15) is 0 Å². The second kappa shape index (κ2) is 7.44. The fourth-order valence-electron chi connectivity index (χ4n) is 2.84. The Balaban J connectivity index is 0.00000200. The lowest BCUT2D eigenvalue weighted by molar-refractivity contribution is 0.283. The van der Waals surface area contributed by atoms with E-state index in [-0.39, 0.29) is 12.4 Å². The molecule has 1 heterocycles. The average molecular weight is 297 g/mol. The van der Waals surface area contributed by atoms with Crippen molar-refractivity contribution in [1.82, 2.24) is 4.90 Å². The molecule has 0 aromatic heterocycles. The Labute approximate surface area is 130 Å². The van der Waals surface area contributed by atoms with Crippen LogP contribution in [0, 0.1) is 5.41 Å². The number of benzene rings is 1. The summed E-state index contributed by atoms with van der Waals surface area (Å²) in [5, 5.41) is 0. The lowest BCUT2D eigenvalue weighted by Crippen LogP contribution is -2.32. The Morgan fingerprint density at radius 2 is 1.90 bits per heavy atom. The van der Waals surface area contributed by atoms with E-state index in [1.807, 2.05) is 0 Å². The van der Waals surface area contributed by atoms with Gasteiger partial charge in [-0.3, -0.25) is 0 Å². The van der Waals surface area contributed by atoms with Gasteiger partial charge in [0.15, 0.2) is 0 Å². The second-order valence-corrected chi connectivity index (χ2v) is 6.69. The predicted octanol–water partition coefficient (Wildman–Crippen LogP) is 3.45. The van der Waals surface area contributed by atoms with Crippen molar-refractivity contribution in [2.24, 2.45) is 11.1 Å². The fourth-order valence-corrected chi connectivity index (χ4v) is 2.84. The minimum Gasteiger partial charge on any atom is -0.330 e. The van der Waals surface area contributed by atoms with Crippen molar-refractivity contribution in [3.05, 3.63) is 35.4 Å². The zero-order valence-corrected chi connectivity index (χ0v) is 13.9. The molecule has 0 saturated carbocycles. The number of hydrogen-bond acceptors (Lipinski definition) is 2.